The van der Waals surface area contributed by atoms with E-state index in [2.05, 4.69) is 46.7 Å². The number of hydrogen-bond acceptors (Lipinski definition) is 2. The third kappa shape index (κ3) is 2.77. The van der Waals surface area contributed by atoms with Gasteiger partial charge < -0.3 is 5.32 Å². The van der Waals surface area contributed by atoms with E-state index in [1.807, 2.05) is 18.5 Å². The highest BCUT2D eigenvalue weighted by Gasteiger charge is 2.31. The maximum Gasteiger partial charge on any atom is 0.0351 e. The van der Waals surface area contributed by atoms with Gasteiger partial charge in [0, 0.05) is 25.0 Å². The van der Waals surface area contributed by atoms with Gasteiger partial charge in [0.25, 0.3) is 0 Å². The zero-order chi connectivity index (χ0) is 12.2. The zero-order valence-electron chi connectivity index (χ0n) is 10.4. The van der Waals surface area contributed by atoms with Crippen molar-refractivity contribution in [3.8, 4) is 0 Å². The Balaban J connectivity index is 1.68. The first-order valence-corrected chi connectivity index (χ1v) is 6.61. The van der Waals surface area contributed by atoms with Crippen molar-refractivity contribution in [2.75, 3.05) is 0 Å². The average Bonchev–Trinajstić information content (AvgIpc) is 3.26. The van der Waals surface area contributed by atoms with Crippen molar-refractivity contribution in [3.05, 3.63) is 66.0 Å². The van der Waals surface area contributed by atoms with Crippen LogP contribution in [0.2, 0.25) is 0 Å². The van der Waals surface area contributed by atoms with Gasteiger partial charge in [-0.15, -0.1) is 0 Å². The second-order valence-electron chi connectivity index (χ2n) is 4.97. The van der Waals surface area contributed by atoms with E-state index in [0.717, 1.165) is 12.5 Å². The molecule has 2 heteroatoms. The molecule has 0 bridgehead atoms. The molecule has 1 aromatic heterocycles. The van der Waals surface area contributed by atoms with Crippen LogP contribution in [0.1, 0.15) is 30.0 Å². The van der Waals surface area contributed by atoms with Crippen LogP contribution in [0.15, 0.2) is 54.9 Å². The third-order valence-corrected chi connectivity index (χ3v) is 3.50. The summed E-state index contributed by atoms with van der Waals surface area (Å²) in [6.45, 7) is 0.893. The van der Waals surface area contributed by atoms with E-state index < -0.39 is 0 Å². The van der Waals surface area contributed by atoms with Crippen LogP contribution in [-0.2, 0) is 6.54 Å². The van der Waals surface area contributed by atoms with Gasteiger partial charge in [0.05, 0.1) is 0 Å². The van der Waals surface area contributed by atoms with Crippen molar-refractivity contribution in [1.29, 1.82) is 0 Å². The lowest BCUT2D eigenvalue weighted by Gasteiger charge is -2.18. The predicted octanol–water partition coefficient (Wildman–Crippen LogP) is 3.32. The number of nitrogens with one attached hydrogen (secondary N) is 1. The molecule has 1 unspecified atom stereocenters. The summed E-state index contributed by atoms with van der Waals surface area (Å²) in [4.78, 5) is 4.16. The molecule has 1 aliphatic rings. The van der Waals surface area contributed by atoms with Crippen LogP contribution >= 0.6 is 0 Å². The Kier molecular flexibility index (Phi) is 3.37. The summed E-state index contributed by atoms with van der Waals surface area (Å²) >= 11 is 0. The molecule has 1 atom stereocenters. The summed E-state index contributed by atoms with van der Waals surface area (Å²) in [5, 5.41) is 3.67. The number of benzene rings is 1. The monoisotopic (exact) mass is 238 g/mol. The van der Waals surface area contributed by atoms with Crippen molar-refractivity contribution in [3.63, 3.8) is 0 Å². The maximum absolute atomic E-state index is 4.16. The Labute approximate surface area is 108 Å². The average molecular weight is 238 g/mol. The summed E-state index contributed by atoms with van der Waals surface area (Å²) in [6, 6.07) is 15.4. The molecular weight excluding hydrogens is 220 g/mol. The highest BCUT2D eigenvalue weighted by molar-refractivity contribution is 5.21. The lowest BCUT2D eigenvalue weighted by molar-refractivity contribution is 0.480. The highest BCUT2D eigenvalue weighted by atomic mass is 14.9. The number of nitrogens with zero attached hydrogens (tertiary/aromatic N) is 1. The second-order valence-corrected chi connectivity index (χ2v) is 4.97. The summed E-state index contributed by atoms with van der Waals surface area (Å²) < 4.78 is 0. The molecule has 1 N–H and O–H groups in total. The van der Waals surface area contributed by atoms with Crippen molar-refractivity contribution < 1.29 is 0 Å². The second kappa shape index (κ2) is 5.32. The van der Waals surface area contributed by atoms with Crippen LogP contribution in [0.3, 0.4) is 0 Å². The lowest BCUT2D eigenvalue weighted by Crippen LogP contribution is -2.22. The molecule has 1 fully saturated rings. The molecule has 1 heterocycles. The van der Waals surface area contributed by atoms with Crippen molar-refractivity contribution in [2.24, 2.45) is 5.92 Å². The molecule has 2 aromatic rings. The number of hydrogen-bond donors (Lipinski definition) is 1. The molecule has 0 aliphatic heterocycles. The number of aromatic nitrogens is 1. The molecule has 0 radical (unpaired) electrons. The van der Waals surface area contributed by atoms with Crippen molar-refractivity contribution >= 4 is 0 Å². The summed E-state index contributed by atoms with van der Waals surface area (Å²) in [6.07, 6.45) is 6.44. The molecule has 1 saturated carbocycles. The zero-order valence-corrected chi connectivity index (χ0v) is 10.4. The molecular formula is C16H18N2. The minimum Gasteiger partial charge on any atom is -0.306 e. The van der Waals surface area contributed by atoms with Crippen molar-refractivity contribution in [1.82, 2.24) is 10.3 Å². The molecule has 92 valence electrons. The van der Waals surface area contributed by atoms with Crippen LogP contribution < -0.4 is 5.32 Å². The first-order valence-electron chi connectivity index (χ1n) is 6.61. The fraction of sp³-hybridized carbons (Fsp3) is 0.312. The van der Waals surface area contributed by atoms with Gasteiger partial charge in [-0.05, 0) is 36.0 Å². The van der Waals surface area contributed by atoms with Gasteiger partial charge in [-0.3, -0.25) is 4.98 Å². The van der Waals surface area contributed by atoms with E-state index in [1.54, 1.807) is 0 Å². The van der Waals surface area contributed by atoms with Gasteiger partial charge in [0.15, 0.2) is 0 Å². The van der Waals surface area contributed by atoms with Crippen LogP contribution in [0.4, 0.5) is 0 Å². The molecule has 2 nitrogen and oxygen atoms in total. The molecule has 1 aromatic carbocycles. The Morgan fingerprint density at radius 3 is 2.61 bits per heavy atom. The van der Waals surface area contributed by atoms with Gasteiger partial charge >= 0.3 is 0 Å². The Morgan fingerprint density at radius 2 is 1.94 bits per heavy atom. The van der Waals surface area contributed by atoms with Gasteiger partial charge in [-0.2, -0.15) is 0 Å². The Bertz CT molecular complexity index is 477. The lowest BCUT2D eigenvalue weighted by atomic mass is 10.0. The van der Waals surface area contributed by atoms with Crippen molar-refractivity contribution in [2.45, 2.75) is 25.4 Å². The maximum atomic E-state index is 4.16. The van der Waals surface area contributed by atoms with Gasteiger partial charge in [-0.1, -0.05) is 36.4 Å². The minimum atomic E-state index is 0.492. The largest absolute Gasteiger partial charge is 0.306 e. The molecule has 3 rings (SSSR count). The van der Waals surface area contributed by atoms with Gasteiger partial charge in [0.1, 0.15) is 0 Å². The van der Waals surface area contributed by atoms with E-state index in [4.69, 9.17) is 0 Å². The summed E-state index contributed by atoms with van der Waals surface area (Å²) in [5.41, 5.74) is 2.66. The SMILES string of the molecule is c1ccc(C(NCc2cccnc2)C2CC2)cc1. The topological polar surface area (TPSA) is 24.9 Å². The fourth-order valence-corrected chi connectivity index (χ4v) is 2.38. The summed E-state index contributed by atoms with van der Waals surface area (Å²) in [5.74, 6) is 0.809. The van der Waals surface area contributed by atoms with E-state index >= 15 is 0 Å². The summed E-state index contributed by atoms with van der Waals surface area (Å²) in [7, 11) is 0. The Hall–Kier alpha value is -1.67. The van der Waals surface area contributed by atoms with E-state index in [1.165, 1.54) is 24.0 Å². The van der Waals surface area contributed by atoms with Crippen LogP contribution in [0, 0.1) is 5.92 Å². The standard InChI is InChI=1S/C16H18N2/c1-2-6-14(7-3-1)16(15-8-9-15)18-12-13-5-4-10-17-11-13/h1-7,10-11,15-16,18H,8-9,12H2. The van der Waals surface area contributed by atoms with E-state index in [0.29, 0.717) is 6.04 Å². The molecule has 0 amide bonds. The smallest absolute Gasteiger partial charge is 0.0351 e. The molecule has 0 spiro atoms. The molecule has 0 saturated heterocycles. The first kappa shape index (κ1) is 11.4. The van der Waals surface area contributed by atoms with E-state index in [9.17, 15) is 0 Å². The fourth-order valence-electron chi connectivity index (χ4n) is 2.38. The number of pyridine rings is 1. The highest BCUT2D eigenvalue weighted by Crippen LogP contribution is 2.41. The van der Waals surface area contributed by atoms with Gasteiger partial charge in [-0.25, -0.2) is 0 Å². The predicted molar refractivity (Wildman–Crippen MR) is 73.0 cm³/mol. The quantitative estimate of drug-likeness (QED) is 0.864. The molecule has 18 heavy (non-hydrogen) atoms. The third-order valence-electron chi connectivity index (χ3n) is 3.50. The Morgan fingerprint density at radius 1 is 1.11 bits per heavy atom. The first-order chi connectivity index (χ1) is 8.93. The normalized spacial score (nSPS) is 16.4. The minimum absolute atomic E-state index is 0.492. The van der Waals surface area contributed by atoms with E-state index in [-0.39, 0.29) is 0 Å². The van der Waals surface area contributed by atoms with Crippen LogP contribution in [0.25, 0.3) is 0 Å². The number of rotatable bonds is 5. The van der Waals surface area contributed by atoms with Gasteiger partial charge in [0.2, 0.25) is 0 Å². The molecule has 1 aliphatic carbocycles. The van der Waals surface area contributed by atoms with Crippen LogP contribution in [0.5, 0.6) is 0 Å². The van der Waals surface area contributed by atoms with Crippen LogP contribution in [-0.4, -0.2) is 4.98 Å².